The predicted molar refractivity (Wildman–Crippen MR) is 71.2 cm³/mol. The fourth-order valence-electron chi connectivity index (χ4n) is 1.94. The van der Waals surface area contributed by atoms with E-state index in [1.807, 2.05) is 49.4 Å². The minimum atomic E-state index is -1.02. The van der Waals surface area contributed by atoms with Crippen molar-refractivity contribution in [1.29, 1.82) is 0 Å². The van der Waals surface area contributed by atoms with Crippen molar-refractivity contribution in [3.63, 3.8) is 0 Å². The molecule has 0 saturated carbocycles. The minimum Gasteiger partial charge on any atom is -0.480 e. The molecule has 0 spiro atoms. The van der Waals surface area contributed by atoms with Gasteiger partial charge in [-0.05, 0) is 35.2 Å². The van der Waals surface area contributed by atoms with Gasteiger partial charge in [-0.1, -0.05) is 42.5 Å². The summed E-state index contributed by atoms with van der Waals surface area (Å²) in [7, 11) is 0. The summed E-state index contributed by atoms with van der Waals surface area (Å²) >= 11 is 0. The van der Waals surface area contributed by atoms with Crippen molar-refractivity contribution in [2.45, 2.75) is 13.0 Å². The SMILES string of the molecule is Cc1ccccc1-c1cccc([C@H](N)C(=O)O)c1. The van der Waals surface area contributed by atoms with Crippen LogP contribution in [-0.2, 0) is 4.79 Å². The fraction of sp³-hybridized carbons (Fsp3) is 0.133. The van der Waals surface area contributed by atoms with Crippen molar-refractivity contribution in [1.82, 2.24) is 0 Å². The van der Waals surface area contributed by atoms with Crippen LogP contribution in [0.4, 0.5) is 0 Å². The molecule has 0 radical (unpaired) electrons. The molecule has 92 valence electrons. The Balaban J connectivity index is 2.45. The van der Waals surface area contributed by atoms with Crippen molar-refractivity contribution in [3.8, 4) is 11.1 Å². The van der Waals surface area contributed by atoms with E-state index in [0.29, 0.717) is 5.56 Å². The Morgan fingerprint density at radius 3 is 2.56 bits per heavy atom. The molecule has 0 saturated heterocycles. The van der Waals surface area contributed by atoms with Gasteiger partial charge in [0.25, 0.3) is 0 Å². The molecule has 0 aliphatic carbocycles. The quantitative estimate of drug-likeness (QED) is 0.868. The minimum absolute atomic E-state index is 0.614. The molecule has 0 bridgehead atoms. The van der Waals surface area contributed by atoms with Gasteiger partial charge in [0.1, 0.15) is 6.04 Å². The Morgan fingerprint density at radius 1 is 1.17 bits per heavy atom. The van der Waals surface area contributed by atoms with Crippen molar-refractivity contribution >= 4 is 5.97 Å². The van der Waals surface area contributed by atoms with Gasteiger partial charge in [-0.2, -0.15) is 0 Å². The molecule has 0 aromatic heterocycles. The van der Waals surface area contributed by atoms with Crippen molar-refractivity contribution < 1.29 is 9.90 Å². The van der Waals surface area contributed by atoms with Crippen molar-refractivity contribution in [2.75, 3.05) is 0 Å². The maximum atomic E-state index is 10.9. The molecular weight excluding hydrogens is 226 g/mol. The number of carboxylic acids is 1. The first-order valence-corrected chi connectivity index (χ1v) is 5.74. The second-order valence-electron chi connectivity index (χ2n) is 4.26. The van der Waals surface area contributed by atoms with E-state index in [4.69, 9.17) is 10.8 Å². The number of carbonyl (C=O) groups is 1. The van der Waals surface area contributed by atoms with Gasteiger partial charge in [-0.25, -0.2) is 0 Å². The third-order valence-corrected chi connectivity index (χ3v) is 2.97. The van der Waals surface area contributed by atoms with Crippen LogP contribution in [0.15, 0.2) is 48.5 Å². The summed E-state index contributed by atoms with van der Waals surface area (Å²) in [5.41, 5.74) is 9.47. The van der Waals surface area contributed by atoms with Crippen molar-refractivity contribution in [2.24, 2.45) is 5.73 Å². The zero-order valence-corrected chi connectivity index (χ0v) is 10.1. The standard InChI is InChI=1S/C15H15NO2/c1-10-5-2-3-8-13(10)11-6-4-7-12(9-11)14(16)15(17)18/h2-9,14H,16H2,1H3,(H,17,18)/t14-/m0/s1. The lowest BCUT2D eigenvalue weighted by atomic mass is 9.97. The highest BCUT2D eigenvalue weighted by Crippen LogP contribution is 2.25. The van der Waals surface area contributed by atoms with Crippen LogP contribution in [0, 0.1) is 6.92 Å². The number of aliphatic carboxylic acids is 1. The third kappa shape index (κ3) is 2.41. The van der Waals surface area contributed by atoms with E-state index in [0.717, 1.165) is 16.7 Å². The molecule has 2 rings (SSSR count). The summed E-state index contributed by atoms with van der Waals surface area (Å²) in [6.07, 6.45) is 0. The number of hydrogen-bond donors (Lipinski definition) is 2. The summed E-state index contributed by atoms with van der Waals surface area (Å²) in [6.45, 7) is 2.03. The third-order valence-electron chi connectivity index (χ3n) is 2.97. The smallest absolute Gasteiger partial charge is 0.325 e. The normalized spacial score (nSPS) is 12.1. The average Bonchev–Trinajstić information content (AvgIpc) is 2.38. The van der Waals surface area contributed by atoms with Crippen molar-refractivity contribution in [3.05, 3.63) is 59.7 Å². The van der Waals surface area contributed by atoms with Gasteiger partial charge < -0.3 is 10.8 Å². The molecule has 3 N–H and O–H groups in total. The molecule has 0 aliphatic rings. The second kappa shape index (κ2) is 5.02. The summed E-state index contributed by atoms with van der Waals surface area (Å²) in [6, 6.07) is 14.4. The van der Waals surface area contributed by atoms with E-state index in [1.54, 1.807) is 6.07 Å². The molecule has 0 unspecified atom stereocenters. The molecule has 2 aromatic rings. The molecule has 3 nitrogen and oxygen atoms in total. The summed E-state index contributed by atoms with van der Waals surface area (Å²) in [5.74, 6) is -1.02. The van der Waals surface area contributed by atoms with E-state index in [-0.39, 0.29) is 0 Å². The Labute approximate surface area is 106 Å². The molecule has 18 heavy (non-hydrogen) atoms. The topological polar surface area (TPSA) is 63.3 Å². The molecule has 0 amide bonds. The second-order valence-corrected chi connectivity index (χ2v) is 4.26. The van der Waals surface area contributed by atoms with Crippen LogP contribution >= 0.6 is 0 Å². The number of benzene rings is 2. The van der Waals surface area contributed by atoms with E-state index in [2.05, 4.69) is 0 Å². The summed E-state index contributed by atoms with van der Waals surface area (Å²) < 4.78 is 0. The number of carboxylic acid groups (broad SMARTS) is 1. The van der Waals surface area contributed by atoms with E-state index in [1.165, 1.54) is 0 Å². The Morgan fingerprint density at radius 2 is 1.89 bits per heavy atom. The highest BCUT2D eigenvalue weighted by molar-refractivity contribution is 5.77. The van der Waals surface area contributed by atoms with Crippen LogP contribution in [0.25, 0.3) is 11.1 Å². The lowest BCUT2D eigenvalue weighted by molar-refractivity contribution is -0.138. The molecule has 0 fully saturated rings. The number of nitrogens with two attached hydrogens (primary N) is 1. The summed E-state index contributed by atoms with van der Waals surface area (Å²) in [4.78, 5) is 10.9. The van der Waals surface area contributed by atoms with Crippen LogP contribution in [-0.4, -0.2) is 11.1 Å². The first-order chi connectivity index (χ1) is 8.59. The number of rotatable bonds is 3. The molecule has 3 heteroatoms. The van der Waals surface area contributed by atoms with Crippen LogP contribution in [0.1, 0.15) is 17.2 Å². The van der Waals surface area contributed by atoms with E-state index >= 15 is 0 Å². The molecule has 0 heterocycles. The number of hydrogen-bond acceptors (Lipinski definition) is 2. The van der Waals surface area contributed by atoms with Gasteiger partial charge in [-0.3, -0.25) is 4.79 Å². The Hall–Kier alpha value is -2.13. The largest absolute Gasteiger partial charge is 0.480 e. The zero-order chi connectivity index (χ0) is 13.1. The van der Waals surface area contributed by atoms with Crippen LogP contribution in [0.2, 0.25) is 0 Å². The Bertz CT molecular complexity index is 578. The lowest BCUT2D eigenvalue weighted by Gasteiger charge is -2.10. The van der Waals surface area contributed by atoms with E-state index < -0.39 is 12.0 Å². The van der Waals surface area contributed by atoms with Crippen LogP contribution in [0.5, 0.6) is 0 Å². The summed E-state index contributed by atoms with van der Waals surface area (Å²) in [5, 5.41) is 8.93. The van der Waals surface area contributed by atoms with Crippen LogP contribution < -0.4 is 5.73 Å². The van der Waals surface area contributed by atoms with E-state index in [9.17, 15) is 4.79 Å². The highest BCUT2D eigenvalue weighted by Gasteiger charge is 2.14. The maximum absolute atomic E-state index is 10.9. The van der Waals surface area contributed by atoms with Gasteiger partial charge in [0.05, 0.1) is 0 Å². The molecule has 0 aliphatic heterocycles. The number of aryl methyl sites for hydroxylation is 1. The Kier molecular flexibility index (Phi) is 3.44. The highest BCUT2D eigenvalue weighted by atomic mass is 16.4. The first kappa shape index (κ1) is 12.3. The average molecular weight is 241 g/mol. The van der Waals surface area contributed by atoms with Gasteiger partial charge in [0.2, 0.25) is 0 Å². The fourth-order valence-corrected chi connectivity index (χ4v) is 1.94. The first-order valence-electron chi connectivity index (χ1n) is 5.74. The monoisotopic (exact) mass is 241 g/mol. The molecular formula is C15H15NO2. The van der Waals surface area contributed by atoms with Crippen LogP contribution in [0.3, 0.4) is 0 Å². The van der Waals surface area contributed by atoms with Gasteiger partial charge in [0.15, 0.2) is 0 Å². The lowest BCUT2D eigenvalue weighted by Crippen LogP contribution is -2.20. The zero-order valence-electron chi connectivity index (χ0n) is 10.1. The van der Waals surface area contributed by atoms with Gasteiger partial charge >= 0.3 is 5.97 Å². The molecule has 1 atom stereocenters. The van der Waals surface area contributed by atoms with Gasteiger partial charge in [-0.15, -0.1) is 0 Å². The maximum Gasteiger partial charge on any atom is 0.325 e. The molecule has 2 aromatic carbocycles. The van der Waals surface area contributed by atoms with Gasteiger partial charge in [0, 0.05) is 0 Å². The predicted octanol–water partition coefficient (Wildman–Crippen LogP) is 2.75.